The highest BCUT2D eigenvalue weighted by Crippen LogP contribution is 2.27. The van der Waals surface area contributed by atoms with E-state index in [0.29, 0.717) is 5.58 Å². The average Bonchev–Trinajstić information content (AvgIpc) is 2.47. The van der Waals surface area contributed by atoms with Crippen molar-refractivity contribution in [3.63, 3.8) is 0 Å². The van der Waals surface area contributed by atoms with Gasteiger partial charge >= 0.3 is 5.63 Å². The Morgan fingerprint density at radius 1 is 1.05 bits per heavy atom. The van der Waals surface area contributed by atoms with Gasteiger partial charge in [-0.3, -0.25) is 4.90 Å². The highest BCUT2D eigenvalue weighted by Gasteiger charge is 2.12. The number of fused-ring (bicyclic) bond motifs is 1. The van der Waals surface area contributed by atoms with Crippen LogP contribution in [0, 0.1) is 0 Å². The zero-order valence-electron chi connectivity index (χ0n) is 13.7. The van der Waals surface area contributed by atoms with E-state index in [1.807, 2.05) is 13.0 Å². The van der Waals surface area contributed by atoms with E-state index in [1.54, 1.807) is 12.1 Å². The van der Waals surface area contributed by atoms with Crippen LogP contribution in [0.5, 0.6) is 5.75 Å². The molecule has 0 aliphatic heterocycles. The molecule has 0 bridgehead atoms. The predicted octanol–water partition coefficient (Wildman–Crippen LogP) is 3.68. The smallest absolute Gasteiger partial charge is 0.336 e. The zero-order chi connectivity index (χ0) is 16.1. The van der Waals surface area contributed by atoms with Crippen LogP contribution in [0.3, 0.4) is 0 Å². The molecule has 0 radical (unpaired) electrons. The highest BCUT2D eigenvalue weighted by molar-refractivity contribution is 5.82. The van der Waals surface area contributed by atoms with Crippen LogP contribution in [0.15, 0.2) is 27.4 Å². The summed E-state index contributed by atoms with van der Waals surface area (Å²) in [4.78, 5) is 14.2. The molecule has 0 spiro atoms. The molecule has 0 fully saturated rings. The summed E-state index contributed by atoms with van der Waals surface area (Å²) in [5, 5.41) is 10.9. The van der Waals surface area contributed by atoms with Crippen LogP contribution in [0.2, 0.25) is 0 Å². The van der Waals surface area contributed by atoms with Gasteiger partial charge in [-0.2, -0.15) is 0 Å². The molecule has 1 heterocycles. The first-order valence-corrected chi connectivity index (χ1v) is 8.10. The molecule has 120 valence electrons. The first kappa shape index (κ1) is 16.6. The molecule has 1 aromatic heterocycles. The highest BCUT2D eigenvalue weighted by atomic mass is 16.4. The van der Waals surface area contributed by atoms with Crippen LogP contribution >= 0.6 is 0 Å². The molecule has 0 saturated carbocycles. The second-order valence-electron chi connectivity index (χ2n) is 5.70. The van der Waals surface area contributed by atoms with E-state index in [2.05, 4.69) is 18.7 Å². The molecule has 1 N–H and O–H groups in total. The first-order valence-electron chi connectivity index (χ1n) is 8.10. The van der Waals surface area contributed by atoms with Crippen molar-refractivity contribution in [3.05, 3.63) is 39.7 Å². The van der Waals surface area contributed by atoms with Crippen molar-refractivity contribution in [2.45, 2.75) is 46.6 Å². The Morgan fingerprint density at radius 3 is 2.32 bits per heavy atom. The van der Waals surface area contributed by atoms with Crippen molar-refractivity contribution in [1.29, 1.82) is 0 Å². The lowest BCUT2D eigenvalue weighted by Crippen LogP contribution is -2.25. The number of aromatic hydroxyl groups is 1. The molecular formula is C18H25NO3. The molecule has 0 unspecified atom stereocenters. The molecule has 4 heteroatoms. The van der Waals surface area contributed by atoms with Gasteiger partial charge in [-0.25, -0.2) is 4.79 Å². The summed E-state index contributed by atoms with van der Waals surface area (Å²) in [6.45, 7) is 9.07. The number of nitrogens with zero attached hydrogens (tertiary/aromatic N) is 1. The molecule has 22 heavy (non-hydrogen) atoms. The van der Waals surface area contributed by atoms with Gasteiger partial charge in [0.2, 0.25) is 0 Å². The zero-order valence-corrected chi connectivity index (χ0v) is 13.7. The van der Waals surface area contributed by atoms with Crippen LogP contribution in [0.1, 0.15) is 44.7 Å². The first-order chi connectivity index (χ1) is 10.6. The molecule has 0 aliphatic rings. The third-order valence-corrected chi connectivity index (χ3v) is 3.88. The minimum Gasteiger partial charge on any atom is -0.508 e. The lowest BCUT2D eigenvalue weighted by Gasteiger charge is -2.21. The minimum atomic E-state index is -0.362. The van der Waals surface area contributed by atoms with Crippen molar-refractivity contribution < 1.29 is 9.52 Å². The minimum absolute atomic E-state index is 0.189. The monoisotopic (exact) mass is 303 g/mol. The summed E-state index contributed by atoms with van der Waals surface area (Å²) < 4.78 is 5.25. The third kappa shape index (κ3) is 3.69. The van der Waals surface area contributed by atoms with Gasteiger partial charge in [-0.05, 0) is 49.5 Å². The molecule has 2 rings (SSSR count). The fourth-order valence-electron chi connectivity index (χ4n) is 2.86. The van der Waals surface area contributed by atoms with Gasteiger partial charge < -0.3 is 9.52 Å². The molecular weight excluding hydrogens is 278 g/mol. The SMILES string of the molecule is CCCN(CCC)Cc1cc(=O)oc2cc(O)c(CC)cc12. The predicted molar refractivity (Wildman–Crippen MR) is 89.4 cm³/mol. The summed E-state index contributed by atoms with van der Waals surface area (Å²) in [7, 11) is 0. The third-order valence-electron chi connectivity index (χ3n) is 3.88. The van der Waals surface area contributed by atoms with Crippen molar-refractivity contribution in [2.24, 2.45) is 0 Å². The Hall–Kier alpha value is -1.81. The van der Waals surface area contributed by atoms with Crippen LogP contribution < -0.4 is 5.63 Å². The molecule has 4 nitrogen and oxygen atoms in total. The Labute approximate surface area is 131 Å². The molecule has 1 aromatic carbocycles. The molecule has 2 aromatic rings. The molecule has 0 atom stereocenters. The number of phenols is 1. The van der Waals surface area contributed by atoms with Crippen molar-refractivity contribution >= 4 is 11.0 Å². The maximum Gasteiger partial charge on any atom is 0.336 e. The maximum absolute atomic E-state index is 11.8. The largest absolute Gasteiger partial charge is 0.508 e. The lowest BCUT2D eigenvalue weighted by molar-refractivity contribution is 0.267. The van der Waals surface area contributed by atoms with Gasteiger partial charge in [-0.1, -0.05) is 20.8 Å². The summed E-state index contributed by atoms with van der Waals surface area (Å²) in [6.07, 6.45) is 2.91. The number of hydrogen-bond acceptors (Lipinski definition) is 4. The number of phenolic OH excluding ortho intramolecular Hbond substituents is 1. The van der Waals surface area contributed by atoms with E-state index >= 15 is 0 Å². The number of hydrogen-bond donors (Lipinski definition) is 1. The van der Waals surface area contributed by atoms with Gasteiger partial charge in [-0.15, -0.1) is 0 Å². The van der Waals surface area contributed by atoms with Crippen LogP contribution in [0.4, 0.5) is 0 Å². The van der Waals surface area contributed by atoms with E-state index in [9.17, 15) is 9.90 Å². The quantitative estimate of drug-likeness (QED) is 0.793. The topological polar surface area (TPSA) is 53.7 Å². The van der Waals surface area contributed by atoms with Crippen LogP contribution in [-0.2, 0) is 13.0 Å². The van der Waals surface area contributed by atoms with Gasteiger partial charge in [0.1, 0.15) is 11.3 Å². The Bertz CT molecular complexity index is 685. The molecule has 0 saturated heterocycles. The van der Waals surface area contributed by atoms with Gasteiger partial charge in [0, 0.05) is 24.1 Å². The maximum atomic E-state index is 11.8. The van der Waals surface area contributed by atoms with Gasteiger partial charge in [0.05, 0.1) is 0 Å². The van der Waals surface area contributed by atoms with E-state index in [-0.39, 0.29) is 11.4 Å². The summed E-state index contributed by atoms with van der Waals surface area (Å²) in [5.74, 6) is 0.189. The van der Waals surface area contributed by atoms with E-state index in [4.69, 9.17) is 4.42 Å². The molecule has 0 amide bonds. The Kier molecular flexibility index (Phi) is 5.61. The summed E-state index contributed by atoms with van der Waals surface area (Å²) in [5.41, 5.74) is 1.95. The summed E-state index contributed by atoms with van der Waals surface area (Å²) in [6, 6.07) is 5.08. The fourth-order valence-corrected chi connectivity index (χ4v) is 2.86. The Morgan fingerprint density at radius 2 is 1.73 bits per heavy atom. The van der Waals surface area contributed by atoms with Crippen molar-refractivity contribution in [3.8, 4) is 5.75 Å². The number of aryl methyl sites for hydroxylation is 1. The number of benzene rings is 1. The van der Waals surface area contributed by atoms with Gasteiger partial charge in [0.15, 0.2) is 0 Å². The normalized spacial score (nSPS) is 11.5. The molecule has 0 aliphatic carbocycles. The van der Waals surface area contributed by atoms with Crippen molar-refractivity contribution in [2.75, 3.05) is 13.1 Å². The number of rotatable bonds is 7. The fraction of sp³-hybridized carbons (Fsp3) is 0.500. The van der Waals surface area contributed by atoms with E-state index in [0.717, 1.165) is 55.4 Å². The summed E-state index contributed by atoms with van der Waals surface area (Å²) >= 11 is 0. The second-order valence-corrected chi connectivity index (χ2v) is 5.70. The van der Waals surface area contributed by atoms with Crippen LogP contribution in [0.25, 0.3) is 11.0 Å². The van der Waals surface area contributed by atoms with E-state index < -0.39 is 0 Å². The standard InChI is InChI=1S/C18H25NO3/c1-4-7-19(8-5-2)12-14-10-18(21)22-17-11-16(20)13(6-3)9-15(14)17/h9-11,20H,4-8,12H2,1-3H3. The Balaban J connectivity index is 2.49. The average molecular weight is 303 g/mol. The van der Waals surface area contributed by atoms with Gasteiger partial charge in [0.25, 0.3) is 0 Å². The second kappa shape index (κ2) is 7.45. The van der Waals surface area contributed by atoms with Crippen LogP contribution in [-0.4, -0.2) is 23.1 Å². The van der Waals surface area contributed by atoms with E-state index in [1.165, 1.54) is 0 Å². The van der Waals surface area contributed by atoms with Crippen molar-refractivity contribution in [1.82, 2.24) is 4.90 Å². The lowest BCUT2D eigenvalue weighted by atomic mass is 10.0.